The number of hydrogen-bond donors (Lipinski definition) is 0. The molecule has 1 amide bonds. The molecule has 0 unspecified atom stereocenters. The molecule has 3 rings (SSSR count). The fourth-order valence-corrected chi connectivity index (χ4v) is 3.53. The van der Waals surface area contributed by atoms with Crippen LogP contribution >= 0.6 is 11.3 Å². The second-order valence-corrected chi connectivity index (χ2v) is 6.62. The number of ether oxygens (including phenoxy) is 1. The maximum absolute atomic E-state index is 12.5. The fraction of sp³-hybridized carbons (Fsp3) is 0.222. The van der Waals surface area contributed by atoms with Crippen LogP contribution in [0.5, 0.6) is 5.75 Å². The number of rotatable bonds is 3. The van der Waals surface area contributed by atoms with Gasteiger partial charge in [-0.1, -0.05) is 17.4 Å². The van der Waals surface area contributed by atoms with E-state index in [0.29, 0.717) is 10.4 Å². The zero-order valence-electron chi connectivity index (χ0n) is 14.1. The first-order valence-electron chi connectivity index (χ1n) is 7.50. The largest absolute Gasteiger partial charge is 0.495 e. The van der Waals surface area contributed by atoms with Gasteiger partial charge in [-0.3, -0.25) is 4.79 Å². The molecule has 0 saturated heterocycles. The van der Waals surface area contributed by atoms with Crippen LogP contribution in [-0.2, 0) is 7.05 Å². The van der Waals surface area contributed by atoms with E-state index in [1.807, 2.05) is 60.9 Å². The summed E-state index contributed by atoms with van der Waals surface area (Å²) in [7, 11) is 7.46. The molecule has 0 atom stereocenters. The molecular formula is C18H19N3O2S. The summed E-state index contributed by atoms with van der Waals surface area (Å²) in [5.41, 5.74) is 2.56. The molecule has 3 aromatic rings. The lowest BCUT2D eigenvalue weighted by molar-refractivity contribution is 0.0998. The van der Waals surface area contributed by atoms with Gasteiger partial charge >= 0.3 is 0 Å². The van der Waals surface area contributed by atoms with Crippen molar-refractivity contribution in [2.45, 2.75) is 0 Å². The van der Waals surface area contributed by atoms with E-state index in [1.54, 1.807) is 19.2 Å². The van der Waals surface area contributed by atoms with Crippen molar-refractivity contribution in [3.63, 3.8) is 0 Å². The average Bonchev–Trinajstić information content (AvgIpc) is 2.91. The normalized spacial score (nSPS) is 11.8. The molecule has 0 aliphatic rings. The predicted molar refractivity (Wildman–Crippen MR) is 98.0 cm³/mol. The molecule has 0 aliphatic carbocycles. The lowest BCUT2D eigenvalue weighted by atomic mass is 10.2. The Morgan fingerprint density at radius 3 is 2.50 bits per heavy atom. The number of hydrogen-bond acceptors (Lipinski definition) is 4. The van der Waals surface area contributed by atoms with Gasteiger partial charge in [-0.2, -0.15) is 4.99 Å². The minimum atomic E-state index is -0.249. The monoisotopic (exact) mass is 341 g/mol. The molecule has 24 heavy (non-hydrogen) atoms. The topological polar surface area (TPSA) is 46.8 Å². The Labute approximate surface area is 144 Å². The van der Waals surface area contributed by atoms with Gasteiger partial charge in [0.15, 0.2) is 4.80 Å². The number of benzene rings is 2. The molecule has 0 radical (unpaired) electrons. The highest BCUT2D eigenvalue weighted by atomic mass is 32.1. The first kappa shape index (κ1) is 16.3. The lowest BCUT2D eigenvalue weighted by Crippen LogP contribution is -2.14. The number of anilines is 1. The van der Waals surface area contributed by atoms with Gasteiger partial charge in [0.2, 0.25) is 0 Å². The minimum absolute atomic E-state index is 0.249. The van der Waals surface area contributed by atoms with E-state index in [0.717, 1.165) is 21.7 Å². The van der Waals surface area contributed by atoms with E-state index in [1.165, 1.54) is 11.3 Å². The van der Waals surface area contributed by atoms with Crippen LogP contribution < -0.4 is 14.4 Å². The molecule has 6 heteroatoms. The number of thiazole rings is 1. The van der Waals surface area contributed by atoms with Crippen LogP contribution in [0.2, 0.25) is 0 Å². The molecular weight excluding hydrogens is 322 g/mol. The van der Waals surface area contributed by atoms with Gasteiger partial charge in [-0.25, -0.2) is 0 Å². The van der Waals surface area contributed by atoms with Gasteiger partial charge in [-0.15, -0.1) is 0 Å². The van der Waals surface area contributed by atoms with Crippen LogP contribution in [0.4, 0.5) is 5.69 Å². The molecule has 0 saturated carbocycles. The van der Waals surface area contributed by atoms with E-state index < -0.39 is 0 Å². The molecule has 124 valence electrons. The highest BCUT2D eigenvalue weighted by Gasteiger charge is 2.10. The first-order chi connectivity index (χ1) is 11.5. The maximum atomic E-state index is 12.5. The third-order valence-electron chi connectivity index (χ3n) is 3.83. The Balaban J connectivity index is 2.03. The average molecular weight is 341 g/mol. The van der Waals surface area contributed by atoms with Crippen LogP contribution in [0.25, 0.3) is 10.2 Å². The summed E-state index contributed by atoms with van der Waals surface area (Å²) in [4.78, 5) is 19.4. The number of carbonyl (C=O) groups is 1. The maximum Gasteiger partial charge on any atom is 0.279 e. The van der Waals surface area contributed by atoms with Gasteiger partial charge in [0.1, 0.15) is 11.3 Å². The van der Waals surface area contributed by atoms with Crippen molar-refractivity contribution in [1.82, 2.24) is 4.57 Å². The third kappa shape index (κ3) is 2.92. The van der Waals surface area contributed by atoms with Gasteiger partial charge in [-0.05, 0) is 36.4 Å². The summed E-state index contributed by atoms with van der Waals surface area (Å²) >= 11 is 1.47. The standard InChI is InChI=1S/C18H19N3O2S/c1-20(2)13-10-8-12(9-11-13)17(22)19-18-21(3)16-14(23-4)6-5-7-15(16)24-18/h5-11H,1-4H3. The van der Waals surface area contributed by atoms with Gasteiger partial charge in [0.05, 0.1) is 11.8 Å². The molecule has 1 aromatic heterocycles. The molecule has 0 fully saturated rings. The van der Waals surface area contributed by atoms with Gasteiger partial charge < -0.3 is 14.2 Å². The Morgan fingerprint density at radius 1 is 1.17 bits per heavy atom. The van der Waals surface area contributed by atoms with Crippen molar-refractivity contribution < 1.29 is 9.53 Å². The van der Waals surface area contributed by atoms with Crippen LogP contribution in [0.15, 0.2) is 47.5 Å². The number of amides is 1. The summed E-state index contributed by atoms with van der Waals surface area (Å²) in [6.07, 6.45) is 0. The van der Waals surface area contributed by atoms with E-state index in [-0.39, 0.29) is 5.91 Å². The first-order valence-corrected chi connectivity index (χ1v) is 8.32. The number of methoxy groups -OCH3 is 1. The predicted octanol–water partition coefficient (Wildman–Crippen LogP) is 3.06. The van der Waals surface area contributed by atoms with E-state index in [2.05, 4.69) is 4.99 Å². The van der Waals surface area contributed by atoms with Gasteiger partial charge in [0, 0.05) is 32.4 Å². The second-order valence-electron chi connectivity index (χ2n) is 5.61. The van der Waals surface area contributed by atoms with Crippen molar-refractivity contribution in [3.05, 3.63) is 52.8 Å². The van der Waals surface area contributed by atoms with Gasteiger partial charge in [0.25, 0.3) is 5.91 Å². The summed E-state index contributed by atoms with van der Waals surface area (Å²) in [6.45, 7) is 0. The smallest absolute Gasteiger partial charge is 0.279 e. The van der Waals surface area contributed by atoms with Crippen LogP contribution in [0.1, 0.15) is 10.4 Å². The van der Waals surface area contributed by atoms with Crippen molar-refractivity contribution >= 4 is 33.1 Å². The fourth-order valence-electron chi connectivity index (χ4n) is 2.49. The van der Waals surface area contributed by atoms with Crippen LogP contribution in [0, 0.1) is 0 Å². The molecule has 0 bridgehead atoms. The minimum Gasteiger partial charge on any atom is -0.495 e. The zero-order chi connectivity index (χ0) is 17.3. The molecule has 0 spiro atoms. The number of para-hydroxylation sites is 1. The molecule has 1 heterocycles. The number of fused-ring (bicyclic) bond motifs is 1. The Morgan fingerprint density at radius 2 is 1.88 bits per heavy atom. The summed E-state index contributed by atoms with van der Waals surface area (Å²) < 4.78 is 8.33. The highest BCUT2D eigenvalue weighted by molar-refractivity contribution is 7.16. The second kappa shape index (κ2) is 6.49. The zero-order valence-corrected chi connectivity index (χ0v) is 14.9. The van der Waals surface area contributed by atoms with E-state index >= 15 is 0 Å². The van der Waals surface area contributed by atoms with E-state index in [4.69, 9.17) is 4.74 Å². The molecule has 0 aliphatic heterocycles. The quantitative estimate of drug-likeness (QED) is 0.736. The molecule has 0 N–H and O–H groups in total. The van der Waals surface area contributed by atoms with Crippen molar-refractivity contribution in [2.24, 2.45) is 12.0 Å². The lowest BCUT2D eigenvalue weighted by Gasteiger charge is -2.11. The number of aromatic nitrogens is 1. The number of nitrogens with zero attached hydrogens (tertiary/aromatic N) is 3. The van der Waals surface area contributed by atoms with Crippen LogP contribution in [0.3, 0.4) is 0 Å². The summed E-state index contributed by atoms with van der Waals surface area (Å²) in [5.74, 6) is 0.525. The summed E-state index contributed by atoms with van der Waals surface area (Å²) in [6, 6.07) is 13.3. The van der Waals surface area contributed by atoms with Crippen molar-refractivity contribution in [3.8, 4) is 5.75 Å². The Hall–Kier alpha value is -2.60. The highest BCUT2D eigenvalue weighted by Crippen LogP contribution is 2.26. The van der Waals surface area contributed by atoms with E-state index in [9.17, 15) is 4.79 Å². The summed E-state index contributed by atoms with van der Waals surface area (Å²) in [5, 5.41) is 0. The molecule has 2 aromatic carbocycles. The van der Waals surface area contributed by atoms with Crippen molar-refractivity contribution in [2.75, 3.05) is 26.1 Å². The SMILES string of the molecule is COc1cccc2sc(=NC(=O)c3ccc(N(C)C)cc3)n(C)c12. The molecule has 5 nitrogen and oxygen atoms in total. The number of carbonyl (C=O) groups excluding carboxylic acids is 1. The Bertz CT molecular complexity index is 953. The van der Waals surface area contributed by atoms with Crippen LogP contribution in [-0.4, -0.2) is 31.7 Å². The Kier molecular flexibility index (Phi) is 4.40. The number of aryl methyl sites for hydroxylation is 1. The third-order valence-corrected chi connectivity index (χ3v) is 4.93. The van der Waals surface area contributed by atoms with Crippen molar-refractivity contribution in [1.29, 1.82) is 0 Å².